The van der Waals surface area contributed by atoms with Gasteiger partial charge in [-0.05, 0) is 12.1 Å². The fourth-order valence-electron chi connectivity index (χ4n) is 3.09. The van der Waals surface area contributed by atoms with Crippen molar-refractivity contribution in [2.45, 2.75) is 25.7 Å². The number of nitrogens with one attached hydrogen (secondary N) is 2. The molecule has 29 heavy (non-hydrogen) atoms. The van der Waals surface area contributed by atoms with Crippen molar-refractivity contribution in [1.82, 2.24) is 15.1 Å². The van der Waals surface area contributed by atoms with Gasteiger partial charge in [0.25, 0.3) is 0 Å². The van der Waals surface area contributed by atoms with Crippen LogP contribution in [0.15, 0.2) is 18.2 Å². The van der Waals surface area contributed by atoms with Crippen molar-refractivity contribution in [1.29, 1.82) is 0 Å². The molecule has 0 fully saturated rings. The second kappa shape index (κ2) is 8.60. The molecular weight excluding hydrogens is 393 g/mol. The lowest BCUT2D eigenvalue weighted by atomic mass is 10.1. The second-order valence-corrected chi connectivity index (χ2v) is 6.25. The smallest absolute Gasteiger partial charge is 0.435 e. The molecular formula is C18H21F3N4O4. The van der Waals surface area contributed by atoms with Crippen molar-refractivity contribution in [2.75, 3.05) is 32.7 Å². The van der Waals surface area contributed by atoms with Crippen molar-refractivity contribution in [3.8, 4) is 11.5 Å². The van der Waals surface area contributed by atoms with Gasteiger partial charge in [0.2, 0.25) is 0 Å². The summed E-state index contributed by atoms with van der Waals surface area (Å²) in [5.41, 5.74) is 0.110. The van der Waals surface area contributed by atoms with E-state index in [1.807, 2.05) is 0 Å². The number of fused-ring (bicyclic) bond motifs is 1. The molecule has 2 N–H and O–H groups in total. The molecule has 0 saturated carbocycles. The van der Waals surface area contributed by atoms with Crippen molar-refractivity contribution in [3.05, 3.63) is 35.2 Å². The van der Waals surface area contributed by atoms with Gasteiger partial charge in [-0.25, -0.2) is 4.79 Å². The van der Waals surface area contributed by atoms with E-state index >= 15 is 0 Å². The summed E-state index contributed by atoms with van der Waals surface area (Å²) in [5, 5.41) is 8.93. The molecule has 158 valence electrons. The summed E-state index contributed by atoms with van der Waals surface area (Å²) < 4.78 is 56.2. The average molecular weight is 414 g/mol. The Labute approximate surface area is 164 Å². The number of amides is 2. The number of benzene rings is 1. The molecule has 2 amide bonds. The Bertz CT molecular complexity index is 883. The van der Waals surface area contributed by atoms with Crippen LogP contribution in [0.2, 0.25) is 0 Å². The molecule has 0 unspecified atom stereocenters. The SMILES string of the molecule is COc1ccc(NC(=O)NCCn2nc(C(F)(F)F)c3c2CCOC3)cc1OC. The van der Waals surface area contributed by atoms with Crippen LogP contribution in [0, 0.1) is 0 Å². The topological polar surface area (TPSA) is 86.6 Å². The van der Waals surface area contributed by atoms with Crippen LogP contribution in [0.3, 0.4) is 0 Å². The molecule has 1 aliphatic heterocycles. The standard InChI is InChI=1S/C18H21F3N4O4/c1-27-14-4-3-11(9-15(14)28-2)23-17(26)22-6-7-25-13-5-8-29-10-12(13)16(24-25)18(19,20)21/h3-4,9H,5-8,10H2,1-2H3,(H2,22,23,26). The summed E-state index contributed by atoms with van der Waals surface area (Å²) in [5.74, 6) is 0.974. The maximum absolute atomic E-state index is 13.2. The van der Waals surface area contributed by atoms with E-state index in [-0.39, 0.29) is 25.3 Å². The Balaban J connectivity index is 1.60. The molecule has 0 saturated heterocycles. The predicted molar refractivity (Wildman–Crippen MR) is 97.2 cm³/mol. The number of rotatable bonds is 6. The minimum absolute atomic E-state index is 0.0681. The number of carbonyl (C=O) groups excluding carboxylic acids is 1. The van der Waals surface area contributed by atoms with E-state index in [0.717, 1.165) is 0 Å². The number of carbonyl (C=O) groups is 1. The molecule has 1 aliphatic rings. The fourth-order valence-corrected chi connectivity index (χ4v) is 3.09. The van der Waals surface area contributed by atoms with Crippen molar-refractivity contribution in [2.24, 2.45) is 0 Å². The molecule has 2 aromatic rings. The third-order valence-electron chi connectivity index (χ3n) is 4.42. The second-order valence-electron chi connectivity index (χ2n) is 6.25. The molecule has 3 rings (SSSR count). The molecule has 1 aromatic heterocycles. The van der Waals surface area contributed by atoms with Gasteiger partial charge >= 0.3 is 12.2 Å². The zero-order valence-electron chi connectivity index (χ0n) is 15.9. The van der Waals surface area contributed by atoms with E-state index in [4.69, 9.17) is 14.2 Å². The summed E-state index contributed by atoms with van der Waals surface area (Å²) in [6, 6.07) is 4.38. The van der Waals surface area contributed by atoms with Gasteiger partial charge in [-0.2, -0.15) is 18.3 Å². The van der Waals surface area contributed by atoms with Gasteiger partial charge in [-0.3, -0.25) is 4.68 Å². The van der Waals surface area contributed by atoms with Crippen molar-refractivity contribution >= 4 is 11.7 Å². The van der Waals surface area contributed by atoms with Crippen LogP contribution in [-0.4, -0.2) is 43.2 Å². The highest BCUT2D eigenvalue weighted by Crippen LogP contribution is 2.34. The first-order valence-electron chi connectivity index (χ1n) is 8.84. The summed E-state index contributed by atoms with van der Waals surface area (Å²) in [4.78, 5) is 12.1. The lowest BCUT2D eigenvalue weighted by Gasteiger charge is -2.16. The minimum Gasteiger partial charge on any atom is -0.493 e. The third kappa shape index (κ3) is 4.73. The molecule has 2 heterocycles. The lowest BCUT2D eigenvalue weighted by Crippen LogP contribution is -2.32. The van der Waals surface area contributed by atoms with Crippen LogP contribution < -0.4 is 20.1 Å². The highest BCUT2D eigenvalue weighted by atomic mass is 19.4. The van der Waals surface area contributed by atoms with Crippen LogP contribution in [0.1, 0.15) is 17.0 Å². The number of urea groups is 1. The van der Waals surface area contributed by atoms with Crippen LogP contribution in [0.4, 0.5) is 23.7 Å². The van der Waals surface area contributed by atoms with Gasteiger partial charge in [0.15, 0.2) is 17.2 Å². The van der Waals surface area contributed by atoms with E-state index in [1.54, 1.807) is 18.2 Å². The van der Waals surface area contributed by atoms with E-state index in [2.05, 4.69) is 15.7 Å². The number of hydrogen-bond acceptors (Lipinski definition) is 5. The van der Waals surface area contributed by atoms with Crippen LogP contribution in [0.25, 0.3) is 0 Å². The number of alkyl halides is 3. The van der Waals surface area contributed by atoms with Gasteiger partial charge in [-0.15, -0.1) is 0 Å². The third-order valence-corrected chi connectivity index (χ3v) is 4.42. The Morgan fingerprint density at radius 1 is 1.28 bits per heavy atom. The molecule has 1 aromatic carbocycles. The molecule has 0 spiro atoms. The first-order chi connectivity index (χ1) is 13.8. The van der Waals surface area contributed by atoms with Crippen LogP contribution in [0.5, 0.6) is 11.5 Å². The highest BCUT2D eigenvalue weighted by molar-refractivity contribution is 5.89. The minimum atomic E-state index is -4.55. The number of hydrogen-bond donors (Lipinski definition) is 2. The van der Waals surface area contributed by atoms with E-state index in [1.165, 1.54) is 18.9 Å². The van der Waals surface area contributed by atoms with Crippen molar-refractivity contribution < 1.29 is 32.2 Å². The number of ether oxygens (including phenoxy) is 3. The monoisotopic (exact) mass is 414 g/mol. The molecule has 0 aliphatic carbocycles. The Hall–Kier alpha value is -2.95. The maximum atomic E-state index is 13.2. The largest absolute Gasteiger partial charge is 0.493 e. The summed E-state index contributed by atoms with van der Waals surface area (Å²) in [6.45, 7) is 0.434. The zero-order chi connectivity index (χ0) is 21.0. The number of aromatic nitrogens is 2. The van der Waals surface area contributed by atoms with Gasteiger partial charge in [0, 0.05) is 36.0 Å². The maximum Gasteiger partial charge on any atom is 0.435 e. The Morgan fingerprint density at radius 2 is 2.03 bits per heavy atom. The van der Waals surface area contributed by atoms with E-state index in [9.17, 15) is 18.0 Å². The zero-order valence-corrected chi connectivity index (χ0v) is 15.9. The predicted octanol–water partition coefficient (Wildman–Crippen LogP) is 2.81. The average Bonchev–Trinajstić information content (AvgIpc) is 3.07. The van der Waals surface area contributed by atoms with Crippen LogP contribution >= 0.6 is 0 Å². The lowest BCUT2D eigenvalue weighted by molar-refractivity contribution is -0.142. The first kappa shape index (κ1) is 20.8. The van der Waals surface area contributed by atoms with Gasteiger partial charge in [0.05, 0.1) is 34.0 Å². The number of halogens is 3. The number of anilines is 1. The molecule has 0 bridgehead atoms. The quantitative estimate of drug-likeness (QED) is 0.759. The molecule has 0 radical (unpaired) electrons. The molecule has 0 atom stereocenters. The number of methoxy groups -OCH3 is 2. The molecule has 8 nitrogen and oxygen atoms in total. The Kier molecular flexibility index (Phi) is 6.16. The first-order valence-corrected chi connectivity index (χ1v) is 8.84. The fraction of sp³-hybridized carbons (Fsp3) is 0.444. The van der Waals surface area contributed by atoms with Crippen LogP contribution in [-0.2, 0) is 30.5 Å². The van der Waals surface area contributed by atoms with E-state index < -0.39 is 17.9 Å². The van der Waals surface area contributed by atoms with Gasteiger partial charge in [-0.1, -0.05) is 0 Å². The highest BCUT2D eigenvalue weighted by Gasteiger charge is 2.39. The summed E-state index contributed by atoms with van der Waals surface area (Å²) in [6.07, 6.45) is -4.20. The van der Waals surface area contributed by atoms with Gasteiger partial charge in [0.1, 0.15) is 0 Å². The summed E-state index contributed by atoms with van der Waals surface area (Å²) >= 11 is 0. The van der Waals surface area contributed by atoms with E-state index in [0.29, 0.717) is 35.9 Å². The summed E-state index contributed by atoms with van der Waals surface area (Å²) in [7, 11) is 2.98. The normalized spacial score (nSPS) is 13.6. The number of nitrogens with zero attached hydrogens (tertiary/aromatic N) is 2. The van der Waals surface area contributed by atoms with Crippen molar-refractivity contribution in [3.63, 3.8) is 0 Å². The Morgan fingerprint density at radius 3 is 2.72 bits per heavy atom. The van der Waals surface area contributed by atoms with Gasteiger partial charge < -0.3 is 24.8 Å². The molecule has 11 heteroatoms.